The molecule has 3 aliphatic carbocycles. The minimum Gasteiger partial charge on any atom is -0.274 e. The monoisotopic (exact) mass is 310 g/mol. The summed E-state index contributed by atoms with van der Waals surface area (Å²) in [6.45, 7) is 0. The fourth-order valence-electron chi connectivity index (χ4n) is 5.06. The molecule has 0 radical (unpaired) electrons. The molecule has 1 aromatic rings. The van der Waals surface area contributed by atoms with Crippen LogP contribution in [0.3, 0.4) is 0 Å². The van der Waals surface area contributed by atoms with Crippen LogP contribution in [-0.2, 0) is 9.59 Å². The fourth-order valence-corrected chi connectivity index (χ4v) is 5.06. The predicted octanol–water partition coefficient (Wildman–Crippen LogP) is 2.30. The normalized spacial score (nSPS) is 35.2. The quantitative estimate of drug-likeness (QED) is 0.363. The number of amides is 2. The van der Waals surface area contributed by atoms with Gasteiger partial charge in [0.15, 0.2) is 0 Å². The number of hydrogen-bond acceptors (Lipinski definition) is 4. The third-order valence-electron chi connectivity index (χ3n) is 6.17. The van der Waals surface area contributed by atoms with Gasteiger partial charge < -0.3 is 0 Å². The molecule has 1 spiro atoms. The van der Waals surface area contributed by atoms with E-state index >= 15 is 0 Å². The third kappa shape index (κ3) is 1.39. The minimum atomic E-state index is -0.493. The highest BCUT2D eigenvalue weighted by Crippen LogP contribution is 2.73. The van der Waals surface area contributed by atoms with E-state index in [0.717, 1.165) is 12.8 Å². The van der Waals surface area contributed by atoms with Crippen LogP contribution in [-0.4, -0.2) is 16.7 Å². The first-order chi connectivity index (χ1) is 11.0. The number of hydrogen-bond donors (Lipinski definition) is 0. The molecule has 3 fully saturated rings. The molecule has 116 valence electrons. The SMILES string of the molecule is O=C1[C@@H]2[C@@H](C(=O)N1c1ccc([N+](=O)[O-])cc1)[C@@H]1C=C[C@@H]2C12CC2. The predicted molar refractivity (Wildman–Crippen MR) is 80.4 cm³/mol. The van der Waals surface area contributed by atoms with Crippen LogP contribution in [0.5, 0.6) is 0 Å². The van der Waals surface area contributed by atoms with Gasteiger partial charge in [-0.25, -0.2) is 0 Å². The van der Waals surface area contributed by atoms with E-state index in [1.54, 1.807) is 0 Å². The second-order valence-corrected chi connectivity index (χ2v) is 7.01. The number of allylic oxidation sites excluding steroid dienone is 2. The van der Waals surface area contributed by atoms with E-state index in [1.807, 2.05) is 0 Å². The van der Waals surface area contributed by atoms with Gasteiger partial charge in [-0.15, -0.1) is 0 Å². The maximum Gasteiger partial charge on any atom is 0.269 e. The van der Waals surface area contributed by atoms with Gasteiger partial charge in [0, 0.05) is 12.1 Å². The lowest BCUT2D eigenvalue weighted by molar-refractivity contribution is -0.384. The molecule has 4 aliphatic rings. The number of imide groups is 1. The number of fused-ring (bicyclic) bond motifs is 3. The summed E-state index contributed by atoms with van der Waals surface area (Å²) in [6.07, 6.45) is 6.48. The standard InChI is InChI=1S/C17H14N2O4/c20-15-13-11-5-6-12(17(11)7-8-17)14(13)16(21)18(15)9-1-3-10(4-2-9)19(22)23/h1-6,11-14H,7-8H2/t11-,12-,13-,14-/m0/s1. The summed E-state index contributed by atoms with van der Waals surface area (Å²) in [5.41, 5.74) is 0.568. The first-order valence-electron chi connectivity index (χ1n) is 7.85. The molecule has 2 amide bonds. The molecule has 6 nitrogen and oxygen atoms in total. The molecule has 4 atom stereocenters. The number of nitrogens with zero attached hydrogens (tertiary/aromatic N) is 2. The Balaban J connectivity index is 1.52. The van der Waals surface area contributed by atoms with Crippen molar-refractivity contribution in [2.75, 3.05) is 4.90 Å². The van der Waals surface area contributed by atoms with E-state index in [-0.39, 0.29) is 46.6 Å². The van der Waals surface area contributed by atoms with Gasteiger partial charge in [-0.1, -0.05) is 12.2 Å². The van der Waals surface area contributed by atoms with Gasteiger partial charge in [-0.05, 0) is 42.2 Å². The lowest BCUT2D eigenvalue weighted by Crippen LogP contribution is -2.34. The van der Waals surface area contributed by atoms with Gasteiger partial charge in [-0.3, -0.25) is 24.6 Å². The summed E-state index contributed by atoms with van der Waals surface area (Å²) >= 11 is 0. The number of anilines is 1. The number of carbonyl (C=O) groups excluding carboxylic acids is 2. The molecule has 0 aromatic heterocycles. The highest BCUT2D eigenvalue weighted by molar-refractivity contribution is 6.23. The van der Waals surface area contributed by atoms with Crippen LogP contribution in [0.4, 0.5) is 11.4 Å². The molecule has 1 aromatic carbocycles. The van der Waals surface area contributed by atoms with Crippen molar-refractivity contribution in [2.24, 2.45) is 29.1 Å². The number of benzene rings is 1. The molecule has 0 unspecified atom stereocenters. The Labute approximate surface area is 131 Å². The summed E-state index contributed by atoms with van der Waals surface area (Å²) in [6, 6.07) is 5.63. The highest BCUT2D eigenvalue weighted by Gasteiger charge is 2.73. The zero-order chi connectivity index (χ0) is 15.9. The van der Waals surface area contributed by atoms with Gasteiger partial charge in [-0.2, -0.15) is 0 Å². The van der Waals surface area contributed by atoms with Gasteiger partial charge in [0.25, 0.3) is 5.69 Å². The number of nitro benzene ring substituents is 1. The smallest absolute Gasteiger partial charge is 0.269 e. The first kappa shape index (κ1) is 13.0. The zero-order valence-corrected chi connectivity index (χ0v) is 12.2. The van der Waals surface area contributed by atoms with E-state index in [1.165, 1.54) is 29.2 Å². The van der Waals surface area contributed by atoms with E-state index in [0.29, 0.717) is 5.69 Å². The topological polar surface area (TPSA) is 80.5 Å². The number of non-ortho nitro benzene ring substituents is 1. The minimum absolute atomic E-state index is 0.0493. The summed E-state index contributed by atoms with van der Waals surface area (Å²) in [7, 11) is 0. The van der Waals surface area contributed by atoms with Crippen LogP contribution in [0.15, 0.2) is 36.4 Å². The average molecular weight is 310 g/mol. The van der Waals surface area contributed by atoms with Crippen LogP contribution >= 0.6 is 0 Å². The molecule has 1 saturated heterocycles. The Morgan fingerprint density at radius 1 is 1.00 bits per heavy atom. The van der Waals surface area contributed by atoms with E-state index < -0.39 is 4.92 Å². The van der Waals surface area contributed by atoms with E-state index in [9.17, 15) is 19.7 Å². The average Bonchev–Trinajstić information content (AvgIpc) is 3.13. The van der Waals surface area contributed by atoms with Crippen molar-refractivity contribution in [1.29, 1.82) is 0 Å². The molecule has 1 aliphatic heterocycles. The fraction of sp³-hybridized carbons (Fsp3) is 0.412. The number of carbonyl (C=O) groups is 2. The maximum absolute atomic E-state index is 12.9. The Hall–Kier alpha value is -2.50. The van der Waals surface area contributed by atoms with Crippen LogP contribution in [0, 0.1) is 39.2 Å². The van der Waals surface area contributed by atoms with Crippen molar-refractivity contribution in [3.8, 4) is 0 Å². The van der Waals surface area contributed by atoms with Crippen molar-refractivity contribution in [1.82, 2.24) is 0 Å². The van der Waals surface area contributed by atoms with Crippen LogP contribution in [0.2, 0.25) is 0 Å². The van der Waals surface area contributed by atoms with Gasteiger partial charge >= 0.3 is 0 Å². The lowest BCUT2D eigenvalue weighted by atomic mass is 9.85. The summed E-state index contributed by atoms with van der Waals surface area (Å²) in [5, 5.41) is 10.7. The van der Waals surface area contributed by atoms with Gasteiger partial charge in [0.05, 0.1) is 22.4 Å². The Kier molecular flexibility index (Phi) is 2.19. The molecule has 2 bridgehead atoms. The molecular formula is C17H14N2O4. The summed E-state index contributed by atoms with van der Waals surface area (Å²) in [5.74, 6) is -0.381. The van der Waals surface area contributed by atoms with Crippen LogP contribution < -0.4 is 4.90 Å². The molecule has 6 heteroatoms. The highest BCUT2D eigenvalue weighted by atomic mass is 16.6. The second-order valence-electron chi connectivity index (χ2n) is 7.01. The van der Waals surface area contributed by atoms with Crippen molar-refractivity contribution >= 4 is 23.2 Å². The molecule has 2 saturated carbocycles. The Bertz CT molecular complexity index is 759. The van der Waals surface area contributed by atoms with E-state index in [4.69, 9.17) is 0 Å². The molecular weight excluding hydrogens is 296 g/mol. The van der Waals surface area contributed by atoms with Crippen molar-refractivity contribution in [3.63, 3.8) is 0 Å². The lowest BCUT2D eigenvalue weighted by Gasteiger charge is -2.21. The molecule has 0 N–H and O–H groups in total. The number of rotatable bonds is 2. The summed E-state index contributed by atoms with van der Waals surface area (Å²) < 4.78 is 0. The maximum atomic E-state index is 12.9. The van der Waals surface area contributed by atoms with Crippen LogP contribution in [0.1, 0.15) is 12.8 Å². The number of nitro groups is 1. The molecule has 23 heavy (non-hydrogen) atoms. The molecule has 1 heterocycles. The summed E-state index contributed by atoms with van der Waals surface area (Å²) in [4.78, 5) is 37.2. The van der Waals surface area contributed by atoms with Crippen molar-refractivity contribution in [3.05, 3.63) is 46.5 Å². The Morgan fingerprint density at radius 3 is 1.96 bits per heavy atom. The Morgan fingerprint density at radius 2 is 1.52 bits per heavy atom. The third-order valence-corrected chi connectivity index (χ3v) is 6.17. The molecule has 5 rings (SSSR count). The van der Waals surface area contributed by atoms with Crippen molar-refractivity contribution in [2.45, 2.75) is 12.8 Å². The van der Waals surface area contributed by atoms with E-state index in [2.05, 4.69) is 12.2 Å². The van der Waals surface area contributed by atoms with Gasteiger partial charge in [0.1, 0.15) is 0 Å². The largest absolute Gasteiger partial charge is 0.274 e. The van der Waals surface area contributed by atoms with Gasteiger partial charge in [0.2, 0.25) is 11.8 Å². The second kappa shape index (κ2) is 3.88. The van der Waals surface area contributed by atoms with Crippen LogP contribution in [0.25, 0.3) is 0 Å². The first-order valence-corrected chi connectivity index (χ1v) is 7.85. The van der Waals surface area contributed by atoms with Crippen molar-refractivity contribution < 1.29 is 14.5 Å². The zero-order valence-electron chi connectivity index (χ0n) is 12.2.